The van der Waals surface area contributed by atoms with E-state index in [1.807, 2.05) is 0 Å². The minimum atomic E-state index is -4.99. The topological polar surface area (TPSA) is 52.5 Å². The maximum absolute atomic E-state index is 14.3. The van der Waals surface area contributed by atoms with Crippen molar-refractivity contribution in [2.24, 2.45) is 0 Å². The number of anilines is 1. The van der Waals surface area contributed by atoms with Gasteiger partial charge >= 0.3 is 6.18 Å². The molecule has 1 atom stereocenters. The van der Waals surface area contributed by atoms with Gasteiger partial charge in [0.25, 0.3) is 0 Å². The number of benzene rings is 1. The Kier molecular flexibility index (Phi) is 4.16. The molecule has 0 saturated heterocycles. The Morgan fingerprint density at radius 3 is 2.41 bits per heavy atom. The van der Waals surface area contributed by atoms with E-state index in [0.717, 1.165) is 0 Å². The molecule has 1 aliphatic heterocycles. The van der Waals surface area contributed by atoms with E-state index in [1.165, 1.54) is 19.9 Å². The normalized spacial score (nSPS) is 17.8. The van der Waals surface area contributed by atoms with Crippen LogP contribution in [0.4, 0.5) is 23.2 Å². The molecule has 0 aliphatic carbocycles. The standard InChI is InChI=1S/C15H19F4NO2/c1-13(2,7-14(22,8-21)15(17,18)19)12-9-5-6-20-11(9)4-3-10(12)16/h3-4,20-22H,5-8H2,1-2H3/t14-/m0/s1. The number of halogens is 4. The predicted octanol–water partition coefficient (Wildman–Crippen LogP) is 2.75. The van der Waals surface area contributed by atoms with E-state index >= 15 is 0 Å². The molecule has 7 heteroatoms. The molecule has 1 heterocycles. The van der Waals surface area contributed by atoms with Gasteiger partial charge in [0.05, 0.1) is 6.61 Å². The van der Waals surface area contributed by atoms with Crippen LogP contribution in [-0.4, -0.2) is 35.1 Å². The zero-order valence-electron chi connectivity index (χ0n) is 12.4. The molecule has 0 amide bonds. The molecule has 0 aromatic heterocycles. The SMILES string of the molecule is CC(C)(C[C@](O)(CO)C(F)(F)F)c1c(F)ccc2c1CCN2. The second-order valence-corrected chi connectivity index (χ2v) is 6.37. The molecule has 0 unspecified atom stereocenters. The van der Waals surface area contributed by atoms with Crippen LogP contribution in [-0.2, 0) is 11.8 Å². The van der Waals surface area contributed by atoms with Crippen molar-refractivity contribution in [2.45, 2.75) is 43.9 Å². The highest BCUT2D eigenvalue weighted by molar-refractivity contribution is 5.60. The Morgan fingerprint density at radius 1 is 1.23 bits per heavy atom. The molecular formula is C15H19F4NO2. The molecule has 0 spiro atoms. The van der Waals surface area contributed by atoms with Gasteiger partial charge in [-0.05, 0) is 41.5 Å². The Bertz CT molecular complexity index is 571. The Hall–Kier alpha value is -1.34. The minimum Gasteiger partial charge on any atom is -0.393 e. The largest absolute Gasteiger partial charge is 0.419 e. The average molecular weight is 321 g/mol. The van der Waals surface area contributed by atoms with E-state index in [1.54, 1.807) is 6.07 Å². The van der Waals surface area contributed by atoms with Crippen LogP contribution in [0.5, 0.6) is 0 Å². The lowest BCUT2D eigenvalue weighted by atomic mass is 9.73. The second-order valence-electron chi connectivity index (χ2n) is 6.37. The molecule has 3 nitrogen and oxygen atoms in total. The fraction of sp³-hybridized carbons (Fsp3) is 0.600. The fourth-order valence-electron chi connectivity index (χ4n) is 3.16. The van der Waals surface area contributed by atoms with Crippen molar-refractivity contribution >= 4 is 5.69 Å². The summed E-state index contributed by atoms with van der Waals surface area (Å²) in [4.78, 5) is 0. The third kappa shape index (κ3) is 2.79. The van der Waals surface area contributed by atoms with E-state index in [9.17, 15) is 22.7 Å². The van der Waals surface area contributed by atoms with Gasteiger partial charge in [0.2, 0.25) is 0 Å². The molecule has 1 aliphatic rings. The number of hydrogen-bond acceptors (Lipinski definition) is 3. The first-order valence-electron chi connectivity index (χ1n) is 6.97. The second kappa shape index (κ2) is 5.38. The van der Waals surface area contributed by atoms with Gasteiger partial charge < -0.3 is 15.5 Å². The number of aliphatic hydroxyl groups is 2. The summed E-state index contributed by atoms with van der Waals surface area (Å²) in [6.07, 6.45) is -5.31. The lowest BCUT2D eigenvalue weighted by molar-refractivity contribution is -0.277. The Morgan fingerprint density at radius 2 is 1.86 bits per heavy atom. The Balaban J connectivity index is 2.46. The Labute approximate surface area is 126 Å². The molecule has 1 aromatic carbocycles. The first kappa shape index (κ1) is 17.0. The molecule has 3 N–H and O–H groups in total. The highest BCUT2D eigenvalue weighted by Crippen LogP contribution is 2.44. The summed E-state index contributed by atoms with van der Waals surface area (Å²) < 4.78 is 53.3. The van der Waals surface area contributed by atoms with Gasteiger partial charge in [-0.25, -0.2) is 4.39 Å². The highest BCUT2D eigenvalue weighted by atomic mass is 19.4. The van der Waals surface area contributed by atoms with Gasteiger partial charge in [-0.1, -0.05) is 13.8 Å². The molecule has 0 radical (unpaired) electrons. The van der Waals surface area contributed by atoms with Gasteiger partial charge in [0.1, 0.15) is 5.82 Å². The van der Waals surface area contributed by atoms with Gasteiger partial charge in [-0.2, -0.15) is 13.2 Å². The smallest absolute Gasteiger partial charge is 0.393 e. The molecule has 124 valence electrons. The van der Waals surface area contributed by atoms with Crippen LogP contribution in [0.1, 0.15) is 31.4 Å². The fourth-order valence-corrected chi connectivity index (χ4v) is 3.16. The maximum Gasteiger partial charge on any atom is 0.419 e. The van der Waals surface area contributed by atoms with Gasteiger partial charge in [0, 0.05) is 12.2 Å². The summed E-state index contributed by atoms with van der Waals surface area (Å²) in [5.74, 6) is -0.602. The van der Waals surface area contributed by atoms with Crippen LogP contribution in [0.3, 0.4) is 0 Å². The quantitative estimate of drug-likeness (QED) is 0.748. The van der Waals surface area contributed by atoms with Crippen molar-refractivity contribution in [1.82, 2.24) is 0 Å². The molecule has 0 fully saturated rings. The lowest BCUT2D eigenvalue weighted by Crippen LogP contribution is -2.52. The summed E-state index contributed by atoms with van der Waals surface area (Å²) >= 11 is 0. The number of nitrogens with one attached hydrogen (secondary N) is 1. The summed E-state index contributed by atoms with van der Waals surface area (Å²) in [5.41, 5.74) is -3.07. The van der Waals surface area contributed by atoms with E-state index < -0.39 is 36.0 Å². The number of rotatable bonds is 4. The monoisotopic (exact) mass is 321 g/mol. The first-order chi connectivity index (χ1) is 10.0. The number of hydrogen-bond donors (Lipinski definition) is 3. The van der Waals surface area contributed by atoms with E-state index in [-0.39, 0.29) is 5.56 Å². The molecule has 2 rings (SSSR count). The van der Waals surface area contributed by atoms with Gasteiger partial charge in [-0.3, -0.25) is 0 Å². The van der Waals surface area contributed by atoms with E-state index in [2.05, 4.69) is 5.32 Å². The van der Waals surface area contributed by atoms with Gasteiger partial charge in [-0.15, -0.1) is 0 Å². The van der Waals surface area contributed by atoms with Crippen LogP contribution < -0.4 is 5.32 Å². The highest BCUT2D eigenvalue weighted by Gasteiger charge is 2.56. The van der Waals surface area contributed by atoms with Crippen LogP contribution >= 0.6 is 0 Å². The van der Waals surface area contributed by atoms with Crippen LogP contribution in [0, 0.1) is 5.82 Å². The van der Waals surface area contributed by atoms with Crippen molar-refractivity contribution < 1.29 is 27.8 Å². The van der Waals surface area contributed by atoms with Gasteiger partial charge in [0.15, 0.2) is 5.60 Å². The van der Waals surface area contributed by atoms with Crippen LogP contribution in [0.15, 0.2) is 12.1 Å². The van der Waals surface area contributed by atoms with Crippen molar-refractivity contribution in [3.63, 3.8) is 0 Å². The molecular weight excluding hydrogens is 302 g/mol. The number of aliphatic hydroxyl groups excluding tert-OH is 1. The maximum atomic E-state index is 14.3. The van der Waals surface area contributed by atoms with Crippen molar-refractivity contribution in [2.75, 3.05) is 18.5 Å². The molecule has 0 saturated carbocycles. The zero-order valence-corrected chi connectivity index (χ0v) is 12.4. The van der Waals surface area contributed by atoms with Crippen molar-refractivity contribution in [3.05, 3.63) is 29.1 Å². The van der Waals surface area contributed by atoms with Crippen molar-refractivity contribution in [1.29, 1.82) is 0 Å². The minimum absolute atomic E-state index is 0.158. The molecule has 1 aromatic rings. The zero-order chi connectivity index (χ0) is 16.8. The number of fused-ring (bicyclic) bond motifs is 1. The molecule has 22 heavy (non-hydrogen) atoms. The van der Waals surface area contributed by atoms with Crippen LogP contribution in [0.25, 0.3) is 0 Å². The van der Waals surface area contributed by atoms with E-state index in [0.29, 0.717) is 24.2 Å². The predicted molar refractivity (Wildman–Crippen MR) is 74.3 cm³/mol. The summed E-state index contributed by atoms with van der Waals surface area (Å²) in [6, 6.07) is 2.76. The average Bonchev–Trinajstić information content (AvgIpc) is 2.84. The number of alkyl halides is 3. The summed E-state index contributed by atoms with van der Waals surface area (Å²) in [5, 5.41) is 21.8. The lowest BCUT2D eigenvalue weighted by Gasteiger charge is -2.37. The van der Waals surface area contributed by atoms with E-state index in [4.69, 9.17) is 5.11 Å². The third-order valence-electron chi connectivity index (χ3n) is 4.15. The third-order valence-corrected chi connectivity index (χ3v) is 4.15. The summed E-state index contributed by atoms with van der Waals surface area (Å²) in [6.45, 7) is 2.01. The van der Waals surface area contributed by atoms with Crippen LogP contribution in [0.2, 0.25) is 0 Å². The first-order valence-corrected chi connectivity index (χ1v) is 6.97. The summed E-state index contributed by atoms with van der Waals surface area (Å²) in [7, 11) is 0. The molecule has 0 bridgehead atoms. The van der Waals surface area contributed by atoms with Crippen molar-refractivity contribution in [3.8, 4) is 0 Å².